The molecule has 1 heterocycles. The van der Waals surface area contributed by atoms with Crippen molar-refractivity contribution in [1.82, 2.24) is 20.2 Å². The molecule has 0 bridgehead atoms. The number of benzene rings is 2. The number of aryl methyl sites for hydroxylation is 1. The highest BCUT2D eigenvalue weighted by Crippen LogP contribution is 2.24. The third-order valence-electron chi connectivity index (χ3n) is 4.45. The van der Waals surface area contributed by atoms with Crippen LogP contribution < -0.4 is 11.2 Å². The molecule has 0 saturated heterocycles. The molecule has 1 atom stereocenters. The van der Waals surface area contributed by atoms with Crippen LogP contribution in [0.3, 0.4) is 0 Å². The van der Waals surface area contributed by atoms with Crippen molar-refractivity contribution in [2.24, 2.45) is 5.92 Å². The molecule has 3 aromatic rings. The number of nitrogen functional groups attached to an aromatic ring is 1. The summed E-state index contributed by atoms with van der Waals surface area (Å²) in [4.78, 5) is 12.5. The Morgan fingerprint density at radius 3 is 2.43 bits per heavy atom. The highest BCUT2D eigenvalue weighted by atomic mass is 32.2. The van der Waals surface area contributed by atoms with Crippen LogP contribution in [0.15, 0.2) is 59.8 Å². The Hall–Kier alpha value is -2.80. The second-order valence-electron chi connectivity index (χ2n) is 7.03. The van der Waals surface area contributed by atoms with Crippen LogP contribution in [0, 0.1) is 12.8 Å². The molecule has 2 aromatic carbocycles. The topological polar surface area (TPSA) is 85.8 Å². The van der Waals surface area contributed by atoms with Crippen molar-refractivity contribution in [3.8, 4) is 11.4 Å². The van der Waals surface area contributed by atoms with E-state index in [1.165, 1.54) is 16.4 Å². The van der Waals surface area contributed by atoms with E-state index in [1.807, 2.05) is 61.5 Å². The molecule has 0 aliphatic heterocycles. The van der Waals surface area contributed by atoms with Crippen LogP contribution in [-0.2, 0) is 4.79 Å². The van der Waals surface area contributed by atoms with Gasteiger partial charge in [0.15, 0.2) is 5.82 Å². The summed E-state index contributed by atoms with van der Waals surface area (Å²) in [6.07, 6.45) is 0. The van der Waals surface area contributed by atoms with Crippen LogP contribution in [0.25, 0.3) is 11.4 Å². The molecule has 7 heteroatoms. The summed E-state index contributed by atoms with van der Waals surface area (Å²) in [7, 11) is 0. The number of nitrogens with zero attached hydrogens (tertiary/aromatic N) is 3. The van der Waals surface area contributed by atoms with Gasteiger partial charge in [0, 0.05) is 5.56 Å². The van der Waals surface area contributed by atoms with Gasteiger partial charge in [0.1, 0.15) is 0 Å². The molecule has 0 radical (unpaired) electrons. The van der Waals surface area contributed by atoms with Crippen molar-refractivity contribution in [3.63, 3.8) is 0 Å². The van der Waals surface area contributed by atoms with Crippen molar-refractivity contribution in [1.29, 1.82) is 0 Å². The van der Waals surface area contributed by atoms with Gasteiger partial charge in [-0.15, -0.1) is 10.2 Å². The highest BCUT2D eigenvalue weighted by Gasteiger charge is 2.19. The van der Waals surface area contributed by atoms with E-state index in [9.17, 15) is 4.79 Å². The van der Waals surface area contributed by atoms with Gasteiger partial charge in [0.2, 0.25) is 11.1 Å². The summed E-state index contributed by atoms with van der Waals surface area (Å²) in [6.45, 7) is 6.21. The first-order valence-electron chi connectivity index (χ1n) is 9.20. The van der Waals surface area contributed by atoms with E-state index in [1.54, 1.807) is 0 Å². The Kier molecular flexibility index (Phi) is 6.36. The van der Waals surface area contributed by atoms with Gasteiger partial charge in [-0.3, -0.25) is 4.79 Å². The lowest BCUT2D eigenvalue weighted by atomic mass is 9.96. The number of carbonyl (C=O) groups is 1. The Balaban J connectivity index is 1.64. The van der Waals surface area contributed by atoms with Crippen LogP contribution >= 0.6 is 11.8 Å². The van der Waals surface area contributed by atoms with E-state index in [-0.39, 0.29) is 23.6 Å². The molecular formula is C21H25N5OS. The van der Waals surface area contributed by atoms with Gasteiger partial charge in [-0.2, -0.15) is 0 Å². The monoisotopic (exact) mass is 395 g/mol. The van der Waals surface area contributed by atoms with E-state index in [0.29, 0.717) is 11.0 Å². The maximum absolute atomic E-state index is 12.5. The summed E-state index contributed by atoms with van der Waals surface area (Å²) in [5.74, 6) is 7.15. The minimum absolute atomic E-state index is 0.0341. The number of aromatic nitrogens is 3. The predicted molar refractivity (Wildman–Crippen MR) is 113 cm³/mol. The average Bonchev–Trinajstić information content (AvgIpc) is 3.06. The van der Waals surface area contributed by atoms with Gasteiger partial charge in [0.05, 0.1) is 11.8 Å². The van der Waals surface area contributed by atoms with Gasteiger partial charge in [0.25, 0.3) is 0 Å². The minimum atomic E-state index is -0.0626. The third-order valence-corrected chi connectivity index (χ3v) is 5.39. The zero-order chi connectivity index (χ0) is 20.1. The number of nitrogens with two attached hydrogens (primary N) is 1. The summed E-state index contributed by atoms with van der Waals surface area (Å²) in [5, 5.41) is 11.9. The summed E-state index contributed by atoms with van der Waals surface area (Å²) < 4.78 is 1.43. The third kappa shape index (κ3) is 4.72. The van der Waals surface area contributed by atoms with E-state index in [0.717, 1.165) is 16.7 Å². The number of rotatable bonds is 7. The lowest BCUT2D eigenvalue weighted by Gasteiger charge is -2.22. The Bertz CT molecular complexity index is 922. The van der Waals surface area contributed by atoms with Gasteiger partial charge >= 0.3 is 0 Å². The van der Waals surface area contributed by atoms with Crippen molar-refractivity contribution < 1.29 is 4.79 Å². The van der Waals surface area contributed by atoms with Crippen LogP contribution in [-0.4, -0.2) is 26.5 Å². The number of carbonyl (C=O) groups excluding carboxylic acids is 1. The highest BCUT2D eigenvalue weighted by molar-refractivity contribution is 7.99. The Morgan fingerprint density at radius 1 is 1.11 bits per heavy atom. The summed E-state index contributed by atoms with van der Waals surface area (Å²) in [6, 6.07) is 17.9. The van der Waals surface area contributed by atoms with Crippen molar-refractivity contribution >= 4 is 17.7 Å². The number of amides is 1. The second kappa shape index (κ2) is 8.93. The first-order chi connectivity index (χ1) is 13.5. The molecule has 1 unspecified atom stereocenters. The number of hydrogen-bond donors (Lipinski definition) is 2. The molecule has 3 N–H and O–H groups in total. The van der Waals surface area contributed by atoms with Gasteiger partial charge in [-0.1, -0.05) is 85.8 Å². The first kappa shape index (κ1) is 19.9. The summed E-state index contributed by atoms with van der Waals surface area (Å²) >= 11 is 1.28. The summed E-state index contributed by atoms with van der Waals surface area (Å²) in [5.41, 5.74) is 3.15. The van der Waals surface area contributed by atoms with Crippen LogP contribution in [0.2, 0.25) is 0 Å². The van der Waals surface area contributed by atoms with Crippen LogP contribution in [0.1, 0.15) is 31.0 Å². The molecule has 28 heavy (non-hydrogen) atoms. The number of nitrogens with one attached hydrogen (secondary N) is 1. The van der Waals surface area contributed by atoms with Crippen molar-refractivity contribution in [3.05, 3.63) is 65.7 Å². The maximum Gasteiger partial charge on any atom is 0.230 e. The van der Waals surface area contributed by atoms with Crippen molar-refractivity contribution in [2.45, 2.75) is 32.0 Å². The normalized spacial score (nSPS) is 12.1. The molecule has 3 rings (SSSR count). The van der Waals surface area contributed by atoms with Crippen LogP contribution in [0.5, 0.6) is 0 Å². The number of hydrogen-bond acceptors (Lipinski definition) is 5. The minimum Gasteiger partial charge on any atom is -0.348 e. The molecule has 1 aromatic heterocycles. The van der Waals surface area contributed by atoms with Crippen molar-refractivity contribution in [2.75, 3.05) is 11.6 Å². The van der Waals surface area contributed by atoms with Gasteiger partial charge in [-0.25, -0.2) is 4.68 Å². The smallest absolute Gasteiger partial charge is 0.230 e. The van der Waals surface area contributed by atoms with E-state index in [2.05, 4.69) is 29.4 Å². The lowest BCUT2D eigenvalue weighted by Crippen LogP contribution is -2.33. The standard InChI is InChI=1S/C21H25N5OS/c1-14(2)19(16-7-5-4-6-8-16)23-18(27)13-28-21-25-24-20(26(21)22)17-11-9-15(3)10-12-17/h4-12,14,19H,13,22H2,1-3H3,(H,23,27). The van der Waals surface area contributed by atoms with Crippen LogP contribution in [0.4, 0.5) is 0 Å². The van der Waals surface area contributed by atoms with E-state index in [4.69, 9.17) is 5.84 Å². The molecule has 146 valence electrons. The van der Waals surface area contributed by atoms with E-state index < -0.39 is 0 Å². The molecule has 0 aliphatic carbocycles. The zero-order valence-electron chi connectivity index (χ0n) is 16.3. The maximum atomic E-state index is 12.5. The van der Waals surface area contributed by atoms with Gasteiger partial charge in [-0.05, 0) is 18.4 Å². The molecular weight excluding hydrogens is 370 g/mol. The van der Waals surface area contributed by atoms with E-state index >= 15 is 0 Å². The SMILES string of the molecule is Cc1ccc(-c2nnc(SCC(=O)NC(c3ccccc3)C(C)C)n2N)cc1. The fourth-order valence-electron chi connectivity index (χ4n) is 2.92. The first-order valence-corrected chi connectivity index (χ1v) is 10.2. The molecule has 1 amide bonds. The number of thioether (sulfide) groups is 1. The molecule has 6 nitrogen and oxygen atoms in total. The lowest BCUT2D eigenvalue weighted by molar-refractivity contribution is -0.119. The quantitative estimate of drug-likeness (QED) is 0.472. The molecule has 0 spiro atoms. The largest absolute Gasteiger partial charge is 0.348 e. The Morgan fingerprint density at radius 2 is 1.79 bits per heavy atom. The second-order valence-corrected chi connectivity index (χ2v) is 7.97. The molecule has 0 aliphatic rings. The predicted octanol–water partition coefficient (Wildman–Crippen LogP) is 3.57. The fraction of sp³-hybridized carbons (Fsp3) is 0.286. The molecule has 0 saturated carbocycles. The average molecular weight is 396 g/mol. The Labute approximate surface area is 169 Å². The van der Waals surface area contributed by atoms with Gasteiger partial charge < -0.3 is 11.2 Å². The fourth-order valence-corrected chi connectivity index (χ4v) is 3.58. The zero-order valence-corrected chi connectivity index (χ0v) is 17.1. The molecule has 0 fully saturated rings.